The zero-order valence-corrected chi connectivity index (χ0v) is 24.6. The second kappa shape index (κ2) is 14.7. The Hall–Kier alpha value is -3.56. The van der Waals surface area contributed by atoms with Crippen molar-refractivity contribution in [3.05, 3.63) is 89.4 Å². The summed E-state index contributed by atoms with van der Waals surface area (Å²) in [4.78, 5) is 28.3. The van der Waals surface area contributed by atoms with Gasteiger partial charge in [0, 0.05) is 18.1 Å². The van der Waals surface area contributed by atoms with E-state index in [2.05, 4.69) is 5.32 Å². The third-order valence-corrected chi connectivity index (χ3v) is 8.53. The molecule has 0 spiro atoms. The Morgan fingerprint density at radius 1 is 1.00 bits per heavy atom. The molecule has 0 heterocycles. The summed E-state index contributed by atoms with van der Waals surface area (Å²) in [6.07, 6.45) is 2.24. The molecule has 0 radical (unpaired) electrons. The maximum absolute atomic E-state index is 13.9. The first-order valence-electron chi connectivity index (χ1n) is 13.2. The number of benzene rings is 3. The Balaban J connectivity index is 1.95. The average molecular weight is 586 g/mol. The van der Waals surface area contributed by atoms with Gasteiger partial charge in [0.05, 0.1) is 17.7 Å². The highest BCUT2D eigenvalue weighted by Gasteiger charge is 2.32. The van der Waals surface area contributed by atoms with Crippen molar-refractivity contribution in [2.45, 2.75) is 44.0 Å². The molecule has 1 unspecified atom stereocenters. The predicted molar refractivity (Wildman–Crippen MR) is 158 cm³/mol. The van der Waals surface area contributed by atoms with Gasteiger partial charge in [-0.05, 0) is 67.8 Å². The van der Waals surface area contributed by atoms with E-state index in [0.29, 0.717) is 23.7 Å². The highest BCUT2D eigenvalue weighted by molar-refractivity contribution is 7.92. The van der Waals surface area contributed by atoms with Crippen LogP contribution in [0.5, 0.6) is 5.75 Å². The van der Waals surface area contributed by atoms with Crippen molar-refractivity contribution in [1.82, 2.24) is 10.2 Å². The van der Waals surface area contributed by atoms with Gasteiger partial charge in [-0.2, -0.15) is 0 Å². The van der Waals surface area contributed by atoms with Crippen LogP contribution in [0.25, 0.3) is 0 Å². The Morgan fingerprint density at radius 3 is 2.33 bits per heavy atom. The van der Waals surface area contributed by atoms with E-state index in [0.717, 1.165) is 22.7 Å². The molecule has 40 heavy (non-hydrogen) atoms. The number of unbranched alkanes of at least 4 members (excludes halogenated alkanes) is 1. The maximum atomic E-state index is 13.9. The number of anilines is 1. The van der Waals surface area contributed by atoms with Crippen LogP contribution < -0.4 is 14.4 Å². The van der Waals surface area contributed by atoms with E-state index in [1.54, 1.807) is 37.3 Å². The lowest BCUT2D eigenvalue weighted by atomic mass is 10.1. The Morgan fingerprint density at radius 2 is 1.70 bits per heavy atom. The van der Waals surface area contributed by atoms with Crippen molar-refractivity contribution >= 4 is 39.1 Å². The summed E-state index contributed by atoms with van der Waals surface area (Å²) in [5.74, 6) is -0.298. The van der Waals surface area contributed by atoms with Crippen LogP contribution in [0.1, 0.15) is 32.3 Å². The third-order valence-electron chi connectivity index (χ3n) is 6.50. The van der Waals surface area contributed by atoms with E-state index < -0.39 is 28.5 Å². The van der Waals surface area contributed by atoms with Crippen LogP contribution in [-0.4, -0.2) is 57.9 Å². The summed E-state index contributed by atoms with van der Waals surface area (Å²) in [5, 5.41) is 3.21. The first-order valence-corrected chi connectivity index (χ1v) is 15.0. The van der Waals surface area contributed by atoms with Crippen LogP contribution in [0.4, 0.5) is 5.69 Å². The zero-order valence-electron chi connectivity index (χ0n) is 23.0. The number of sulfonamides is 1. The number of carbonyl (C=O) groups excluding carboxylic acids is 2. The zero-order chi connectivity index (χ0) is 29.1. The van der Waals surface area contributed by atoms with Gasteiger partial charge in [0.2, 0.25) is 11.8 Å². The minimum Gasteiger partial charge on any atom is -0.497 e. The van der Waals surface area contributed by atoms with Crippen molar-refractivity contribution in [3.63, 3.8) is 0 Å². The molecule has 8 nitrogen and oxygen atoms in total. The lowest BCUT2D eigenvalue weighted by Gasteiger charge is -2.32. The molecule has 2 amide bonds. The minimum atomic E-state index is -4.18. The smallest absolute Gasteiger partial charge is 0.264 e. The molecule has 0 aliphatic carbocycles. The van der Waals surface area contributed by atoms with Gasteiger partial charge in [0.25, 0.3) is 10.0 Å². The van der Waals surface area contributed by atoms with Crippen molar-refractivity contribution < 1.29 is 22.7 Å². The quantitative estimate of drug-likeness (QED) is 0.271. The number of halogens is 1. The lowest BCUT2D eigenvalue weighted by Crippen LogP contribution is -2.52. The van der Waals surface area contributed by atoms with E-state index >= 15 is 0 Å². The molecule has 3 rings (SSSR count). The second-order valence-corrected chi connectivity index (χ2v) is 11.6. The SMILES string of the molecule is CCCCNC(=O)C(C)N(CCc1ccccc1)C(=O)CN(c1cccc(Cl)c1)S(=O)(=O)c1ccc(OC)cc1. The van der Waals surface area contributed by atoms with Gasteiger partial charge >= 0.3 is 0 Å². The molecule has 10 heteroatoms. The number of amides is 2. The Kier molecular flexibility index (Phi) is 11.4. The Bertz CT molecular complexity index is 1370. The Labute approximate surface area is 241 Å². The summed E-state index contributed by atoms with van der Waals surface area (Å²) >= 11 is 6.21. The molecular formula is C30H36ClN3O5S. The molecular weight excluding hydrogens is 550 g/mol. The highest BCUT2D eigenvalue weighted by Crippen LogP contribution is 2.27. The van der Waals surface area contributed by atoms with Crippen LogP contribution in [0.15, 0.2) is 83.8 Å². The van der Waals surface area contributed by atoms with Crippen molar-refractivity contribution in [2.75, 3.05) is 31.0 Å². The highest BCUT2D eigenvalue weighted by atomic mass is 35.5. The largest absolute Gasteiger partial charge is 0.497 e. The molecule has 1 atom stereocenters. The number of methoxy groups -OCH3 is 1. The van der Waals surface area contributed by atoms with E-state index in [1.807, 2.05) is 37.3 Å². The molecule has 0 fully saturated rings. The number of hydrogen-bond acceptors (Lipinski definition) is 5. The van der Waals surface area contributed by atoms with E-state index in [-0.39, 0.29) is 23.0 Å². The molecule has 0 aliphatic heterocycles. The molecule has 0 aromatic heterocycles. The summed E-state index contributed by atoms with van der Waals surface area (Å²) in [6, 6.07) is 21.1. The molecule has 1 N–H and O–H groups in total. The third kappa shape index (κ3) is 8.22. The van der Waals surface area contributed by atoms with Crippen LogP contribution in [0.2, 0.25) is 5.02 Å². The van der Waals surface area contributed by atoms with Crippen LogP contribution in [0, 0.1) is 0 Å². The van der Waals surface area contributed by atoms with Crippen molar-refractivity contribution in [2.24, 2.45) is 0 Å². The standard InChI is InChI=1S/C30H36ClN3O5S/c1-4-5-19-32-30(36)23(2)33(20-18-24-10-7-6-8-11-24)29(35)22-34(26-13-9-12-25(31)21-26)40(37,38)28-16-14-27(39-3)15-17-28/h6-17,21,23H,4-5,18-20,22H2,1-3H3,(H,32,36). The molecule has 3 aromatic carbocycles. The lowest BCUT2D eigenvalue weighted by molar-refractivity contribution is -0.138. The van der Waals surface area contributed by atoms with Gasteiger partial charge in [-0.25, -0.2) is 8.42 Å². The fraction of sp³-hybridized carbons (Fsp3) is 0.333. The first-order chi connectivity index (χ1) is 19.2. The van der Waals surface area contributed by atoms with Gasteiger partial charge in [-0.1, -0.05) is 61.3 Å². The topological polar surface area (TPSA) is 96.0 Å². The van der Waals surface area contributed by atoms with E-state index in [4.69, 9.17) is 16.3 Å². The molecule has 0 saturated heterocycles. The summed E-state index contributed by atoms with van der Waals surface area (Å²) in [6.45, 7) is 3.90. The van der Waals surface area contributed by atoms with Gasteiger partial charge in [0.1, 0.15) is 18.3 Å². The first kappa shape index (κ1) is 31.0. The monoisotopic (exact) mass is 585 g/mol. The molecule has 0 saturated carbocycles. The van der Waals surface area contributed by atoms with Crippen LogP contribution >= 0.6 is 11.6 Å². The van der Waals surface area contributed by atoms with Gasteiger partial charge in [-0.15, -0.1) is 0 Å². The molecule has 0 bridgehead atoms. The number of nitrogens with zero attached hydrogens (tertiary/aromatic N) is 2. The minimum absolute atomic E-state index is 0.0118. The van der Waals surface area contributed by atoms with Gasteiger partial charge in [0.15, 0.2) is 0 Å². The fourth-order valence-electron chi connectivity index (χ4n) is 4.14. The normalized spacial score (nSPS) is 11.9. The van der Waals surface area contributed by atoms with E-state index in [9.17, 15) is 18.0 Å². The number of hydrogen-bond donors (Lipinski definition) is 1. The summed E-state index contributed by atoms with van der Waals surface area (Å²) < 4.78 is 33.9. The summed E-state index contributed by atoms with van der Waals surface area (Å²) in [7, 11) is -2.69. The van der Waals surface area contributed by atoms with Crippen molar-refractivity contribution in [1.29, 1.82) is 0 Å². The number of nitrogens with one attached hydrogen (secondary N) is 1. The van der Waals surface area contributed by atoms with Crippen LogP contribution in [0.3, 0.4) is 0 Å². The van der Waals surface area contributed by atoms with E-state index in [1.165, 1.54) is 30.2 Å². The molecule has 3 aromatic rings. The summed E-state index contributed by atoms with van der Waals surface area (Å²) in [5.41, 5.74) is 1.23. The number of carbonyl (C=O) groups is 2. The second-order valence-electron chi connectivity index (χ2n) is 9.31. The van der Waals surface area contributed by atoms with Gasteiger partial charge < -0.3 is 15.0 Å². The average Bonchev–Trinajstić information content (AvgIpc) is 2.96. The number of rotatable bonds is 14. The van der Waals surface area contributed by atoms with Crippen molar-refractivity contribution in [3.8, 4) is 5.75 Å². The molecule has 214 valence electrons. The molecule has 0 aliphatic rings. The maximum Gasteiger partial charge on any atom is 0.264 e. The van der Waals surface area contributed by atoms with Gasteiger partial charge in [-0.3, -0.25) is 13.9 Å². The fourth-order valence-corrected chi connectivity index (χ4v) is 5.73. The van der Waals surface area contributed by atoms with Crippen LogP contribution in [-0.2, 0) is 26.0 Å². The predicted octanol–water partition coefficient (Wildman–Crippen LogP) is 4.92. The number of ether oxygens (including phenoxy) is 1.